The SMILES string of the molecule is COC(=O)COC1(c2ccc(Br)cc2)CCCNCC1. The number of ether oxygens (including phenoxy) is 2. The van der Waals surface area contributed by atoms with Crippen molar-refractivity contribution < 1.29 is 14.3 Å². The van der Waals surface area contributed by atoms with Gasteiger partial charge in [0, 0.05) is 4.47 Å². The number of hydrogen-bond donors (Lipinski definition) is 1. The molecule has 1 aromatic carbocycles. The minimum atomic E-state index is -0.404. The number of benzene rings is 1. The monoisotopic (exact) mass is 341 g/mol. The van der Waals surface area contributed by atoms with Gasteiger partial charge < -0.3 is 14.8 Å². The molecule has 0 aliphatic carbocycles. The van der Waals surface area contributed by atoms with Crippen molar-refractivity contribution in [3.63, 3.8) is 0 Å². The maximum atomic E-state index is 11.4. The summed E-state index contributed by atoms with van der Waals surface area (Å²) in [5.41, 5.74) is 0.714. The van der Waals surface area contributed by atoms with Gasteiger partial charge in [-0.05, 0) is 50.0 Å². The molecule has 110 valence electrons. The van der Waals surface area contributed by atoms with Crippen LogP contribution in [-0.2, 0) is 19.9 Å². The van der Waals surface area contributed by atoms with Crippen LogP contribution >= 0.6 is 15.9 Å². The van der Waals surface area contributed by atoms with Gasteiger partial charge in [-0.15, -0.1) is 0 Å². The minimum absolute atomic E-state index is 0.00738. The summed E-state index contributed by atoms with van der Waals surface area (Å²) in [5, 5.41) is 3.38. The van der Waals surface area contributed by atoms with Crippen LogP contribution in [0.1, 0.15) is 24.8 Å². The number of carbonyl (C=O) groups excluding carboxylic acids is 1. The zero-order chi connectivity index (χ0) is 14.4. The van der Waals surface area contributed by atoms with Gasteiger partial charge in [-0.1, -0.05) is 28.1 Å². The van der Waals surface area contributed by atoms with E-state index in [9.17, 15) is 4.79 Å². The first-order valence-corrected chi connectivity index (χ1v) is 7.63. The van der Waals surface area contributed by atoms with E-state index in [0.717, 1.165) is 42.4 Å². The van der Waals surface area contributed by atoms with Crippen LogP contribution in [-0.4, -0.2) is 32.8 Å². The lowest BCUT2D eigenvalue weighted by Gasteiger charge is -2.33. The topological polar surface area (TPSA) is 47.6 Å². The van der Waals surface area contributed by atoms with E-state index in [1.165, 1.54) is 7.11 Å². The number of halogens is 1. The molecule has 5 heteroatoms. The second kappa shape index (κ2) is 7.20. The lowest BCUT2D eigenvalue weighted by atomic mass is 9.86. The van der Waals surface area contributed by atoms with Crippen molar-refractivity contribution in [2.24, 2.45) is 0 Å². The first kappa shape index (κ1) is 15.5. The van der Waals surface area contributed by atoms with Crippen molar-refractivity contribution in [1.29, 1.82) is 0 Å². The van der Waals surface area contributed by atoms with E-state index >= 15 is 0 Å². The van der Waals surface area contributed by atoms with E-state index in [-0.39, 0.29) is 12.6 Å². The number of carbonyl (C=O) groups is 1. The number of rotatable bonds is 4. The van der Waals surface area contributed by atoms with Gasteiger partial charge in [-0.3, -0.25) is 0 Å². The average Bonchev–Trinajstić information content (AvgIpc) is 2.72. The number of esters is 1. The predicted octanol–water partition coefficient (Wildman–Crippen LogP) is 2.61. The molecule has 1 aromatic rings. The average molecular weight is 342 g/mol. The summed E-state index contributed by atoms with van der Waals surface area (Å²) in [5.74, 6) is -0.335. The molecule has 0 spiro atoms. The lowest BCUT2D eigenvalue weighted by Crippen LogP contribution is -2.33. The molecule has 1 aliphatic heterocycles. The molecule has 1 aliphatic rings. The van der Waals surface area contributed by atoms with Crippen molar-refractivity contribution in [3.8, 4) is 0 Å². The van der Waals surface area contributed by atoms with Crippen LogP contribution < -0.4 is 5.32 Å². The molecule has 1 N–H and O–H groups in total. The van der Waals surface area contributed by atoms with E-state index in [0.29, 0.717) is 0 Å². The van der Waals surface area contributed by atoms with Gasteiger partial charge in [0.15, 0.2) is 0 Å². The summed E-state index contributed by atoms with van der Waals surface area (Å²) in [4.78, 5) is 11.4. The van der Waals surface area contributed by atoms with E-state index in [1.54, 1.807) is 0 Å². The molecular weight excluding hydrogens is 322 g/mol. The van der Waals surface area contributed by atoms with Crippen molar-refractivity contribution in [2.45, 2.75) is 24.9 Å². The number of nitrogens with one attached hydrogen (secondary N) is 1. The maximum Gasteiger partial charge on any atom is 0.331 e. The summed E-state index contributed by atoms with van der Waals surface area (Å²) < 4.78 is 11.7. The van der Waals surface area contributed by atoms with Crippen LogP contribution in [0.2, 0.25) is 0 Å². The van der Waals surface area contributed by atoms with Gasteiger partial charge in [-0.2, -0.15) is 0 Å². The molecule has 2 rings (SSSR count). The largest absolute Gasteiger partial charge is 0.467 e. The third kappa shape index (κ3) is 3.81. The Morgan fingerprint density at radius 3 is 2.75 bits per heavy atom. The third-order valence-electron chi connectivity index (χ3n) is 3.70. The van der Waals surface area contributed by atoms with E-state index in [4.69, 9.17) is 4.74 Å². The van der Waals surface area contributed by atoms with Gasteiger partial charge in [0.2, 0.25) is 0 Å². The molecule has 0 aromatic heterocycles. The Kier molecular flexibility index (Phi) is 5.57. The summed E-state index contributed by atoms with van der Waals surface area (Å²) in [6, 6.07) is 8.15. The zero-order valence-corrected chi connectivity index (χ0v) is 13.2. The molecular formula is C15H20BrNO3. The van der Waals surface area contributed by atoms with Gasteiger partial charge in [0.25, 0.3) is 0 Å². The fraction of sp³-hybridized carbons (Fsp3) is 0.533. The first-order valence-electron chi connectivity index (χ1n) is 6.84. The van der Waals surface area contributed by atoms with Crippen LogP contribution in [0.15, 0.2) is 28.7 Å². The number of methoxy groups -OCH3 is 1. The first-order chi connectivity index (χ1) is 9.66. The Balaban J connectivity index is 2.22. The Morgan fingerprint density at radius 1 is 1.30 bits per heavy atom. The smallest absolute Gasteiger partial charge is 0.331 e. The molecule has 20 heavy (non-hydrogen) atoms. The fourth-order valence-corrected chi connectivity index (χ4v) is 2.83. The highest BCUT2D eigenvalue weighted by molar-refractivity contribution is 9.10. The van der Waals surface area contributed by atoms with E-state index in [2.05, 4.69) is 38.1 Å². The quantitative estimate of drug-likeness (QED) is 0.855. The Bertz CT molecular complexity index is 439. The summed E-state index contributed by atoms with van der Waals surface area (Å²) in [7, 11) is 1.38. The molecule has 0 bridgehead atoms. The molecule has 0 radical (unpaired) electrons. The van der Waals surface area contributed by atoms with Crippen LogP contribution in [0.5, 0.6) is 0 Å². The fourth-order valence-electron chi connectivity index (χ4n) is 2.57. The zero-order valence-electron chi connectivity index (χ0n) is 11.7. The molecule has 4 nitrogen and oxygen atoms in total. The van der Waals surface area contributed by atoms with Crippen molar-refractivity contribution in [3.05, 3.63) is 34.3 Å². The highest BCUT2D eigenvalue weighted by Gasteiger charge is 2.34. The second-order valence-corrected chi connectivity index (χ2v) is 5.89. The summed E-state index contributed by atoms with van der Waals surface area (Å²) in [6.45, 7) is 1.86. The molecule has 0 amide bonds. The van der Waals surface area contributed by atoms with Gasteiger partial charge in [0.1, 0.15) is 6.61 Å². The molecule has 1 atom stereocenters. The van der Waals surface area contributed by atoms with Gasteiger partial charge in [-0.25, -0.2) is 4.79 Å². The number of hydrogen-bond acceptors (Lipinski definition) is 4. The summed E-state index contributed by atoms with van der Waals surface area (Å²) in [6.07, 6.45) is 2.78. The van der Waals surface area contributed by atoms with Crippen LogP contribution in [0, 0.1) is 0 Å². The minimum Gasteiger partial charge on any atom is -0.467 e. The van der Waals surface area contributed by atoms with Crippen molar-refractivity contribution >= 4 is 21.9 Å². The van der Waals surface area contributed by atoms with E-state index < -0.39 is 5.60 Å². The van der Waals surface area contributed by atoms with Gasteiger partial charge >= 0.3 is 5.97 Å². The molecule has 0 saturated carbocycles. The second-order valence-electron chi connectivity index (χ2n) is 4.97. The molecule has 1 saturated heterocycles. The lowest BCUT2D eigenvalue weighted by molar-refractivity contribution is -0.155. The van der Waals surface area contributed by atoms with Crippen molar-refractivity contribution in [1.82, 2.24) is 5.32 Å². The molecule has 1 heterocycles. The third-order valence-corrected chi connectivity index (χ3v) is 4.23. The highest BCUT2D eigenvalue weighted by Crippen LogP contribution is 2.36. The van der Waals surface area contributed by atoms with Crippen LogP contribution in [0.4, 0.5) is 0 Å². The Morgan fingerprint density at radius 2 is 2.05 bits per heavy atom. The summed E-state index contributed by atoms with van der Waals surface area (Å²) >= 11 is 3.45. The Hall–Kier alpha value is -0.910. The standard InChI is InChI=1S/C15H20BrNO3/c1-19-14(18)11-20-15(7-2-9-17-10-8-15)12-3-5-13(16)6-4-12/h3-6,17H,2,7-11H2,1H3. The highest BCUT2D eigenvalue weighted by atomic mass is 79.9. The maximum absolute atomic E-state index is 11.4. The normalized spacial score (nSPS) is 23.1. The van der Waals surface area contributed by atoms with E-state index in [1.807, 2.05) is 12.1 Å². The van der Waals surface area contributed by atoms with Crippen LogP contribution in [0.3, 0.4) is 0 Å². The Labute approximate surface area is 128 Å². The predicted molar refractivity (Wildman–Crippen MR) is 80.5 cm³/mol. The van der Waals surface area contributed by atoms with Crippen LogP contribution in [0.25, 0.3) is 0 Å². The molecule has 1 fully saturated rings. The van der Waals surface area contributed by atoms with Crippen molar-refractivity contribution in [2.75, 3.05) is 26.8 Å². The molecule has 1 unspecified atom stereocenters. The van der Waals surface area contributed by atoms with Gasteiger partial charge in [0.05, 0.1) is 12.7 Å².